The number of aryl methyl sites for hydroxylation is 1. The van der Waals surface area contributed by atoms with Gasteiger partial charge in [0.25, 0.3) is 11.2 Å². The molecule has 0 saturated carbocycles. The number of hydrogen-bond acceptors (Lipinski definition) is 6. The molecule has 0 radical (unpaired) electrons. The molecule has 0 unspecified atom stereocenters. The molecule has 0 spiro atoms. The number of nitrogens with one attached hydrogen (secondary N) is 1. The monoisotopic (exact) mass is 361 g/mol. The zero-order valence-corrected chi connectivity index (χ0v) is 13.9. The van der Waals surface area contributed by atoms with Gasteiger partial charge in [-0.25, -0.2) is 9.78 Å². The second-order valence-corrected chi connectivity index (χ2v) is 5.72. The maximum absolute atomic E-state index is 12.5. The zero-order valence-electron chi connectivity index (χ0n) is 13.2. The summed E-state index contributed by atoms with van der Waals surface area (Å²) in [5.41, 5.74) is -0.314. The summed E-state index contributed by atoms with van der Waals surface area (Å²) < 4.78 is 2.23. The van der Waals surface area contributed by atoms with Crippen molar-refractivity contribution < 1.29 is 4.92 Å². The molecule has 128 valence electrons. The van der Waals surface area contributed by atoms with Crippen LogP contribution in [0.5, 0.6) is 0 Å². The lowest BCUT2D eigenvalue weighted by molar-refractivity contribution is -0.384. The number of aromatic nitrogens is 3. The van der Waals surface area contributed by atoms with Gasteiger partial charge in [-0.1, -0.05) is 11.6 Å². The normalized spacial score (nSPS) is 10.8. The molecule has 0 bridgehead atoms. The molecule has 0 amide bonds. The van der Waals surface area contributed by atoms with Gasteiger partial charge in [-0.2, -0.15) is 0 Å². The van der Waals surface area contributed by atoms with Crippen molar-refractivity contribution in [3.8, 4) is 0 Å². The average Bonchev–Trinajstić information content (AvgIpc) is 2.59. The van der Waals surface area contributed by atoms with Crippen LogP contribution in [0.1, 0.15) is 0 Å². The van der Waals surface area contributed by atoms with E-state index in [1.807, 2.05) is 0 Å². The molecular weight excluding hydrogens is 350 g/mol. The first-order valence-electron chi connectivity index (χ1n) is 7.07. The summed E-state index contributed by atoms with van der Waals surface area (Å²) >= 11 is 5.80. The average molecular weight is 362 g/mol. The lowest BCUT2D eigenvalue weighted by atomic mass is 10.2. The second-order valence-electron chi connectivity index (χ2n) is 5.31. The van der Waals surface area contributed by atoms with E-state index in [1.165, 1.54) is 37.0 Å². The van der Waals surface area contributed by atoms with Gasteiger partial charge in [0.1, 0.15) is 10.4 Å². The van der Waals surface area contributed by atoms with Crippen molar-refractivity contribution in [2.24, 2.45) is 14.1 Å². The Morgan fingerprint density at radius 3 is 2.60 bits per heavy atom. The van der Waals surface area contributed by atoms with Gasteiger partial charge >= 0.3 is 5.69 Å². The van der Waals surface area contributed by atoms with Gasteiger partial charge in [0.05, 0.1) is 10.6 Å². The predicted octanol–water partition coefficient (Wildman–Crippen LogP) is 1.94. The minimum absolute atomic E-state index is 0.00782. The van der Waals surface area contributed by atoms with Crippen LogP contribution < -0.4 is 16.6 Å². The topological polar surface area (TPSA) is 112 Å². The van der Waals surface area contributed by atoms with Crippen molar-refractivity contribution in [1.82, 2.24) is 14.1 Å². The first-order valence-corrected chi connectivity index (χ1v) is 7.44. The second kappa shape index (κ2) is 6.02. The Kier molecular flexibility index (Phi) is 4.01. The molecule has 2 heterocycles. The molecule has 9 nitrogen and oxygen atoms in total. The smallest absolute Gasteiger partial charge is 0.332 e. The van der Waals surface area contributed by atoms with Crippen molar-refractivity contribution >= 4 is 39.7 Å². The van der Waals surface area contributed by atoms with Crippen molar-refractivity contribution in [3.63, 3.8) is 0 Å². The fourth-order valence-corrected chi connectivity index (χ4v) is 2.66. The Balaban J connectivity index is 2.21. The number of anilines is 2. The number of nitro groups is 1. The summed E-state index contributed by atoms with van der Waals surface area (Å²) in [6, 6.07) is 5.75. The van der Waals surface area contributed by atoms with Gasteiger partial charge in [0, 0.05) is 32.0 Å². The third-order valence-electron chi connectivity index (χ3n) is 3.76. The molecule has 2 aromatic heterocycles. The number of rotatable bonds is 3. The molecule has 0 aliphatic carbocycles. The van der Waals surface area contributed by atoms with Gasteiger partial charge in [-0.05, 0) is 18.2 Å². The maximum atomic E-state index is 12.5. The van der Waals surface area contributed by atoms with Gasteiger partial charge in [-0.15, -0.1) is 0 Å². The minimum atomic E-state index is -0.596. The van der Waals surface area contributed by atoms with Crippen LogP contribution in [0.4, 0.5) is 17.1 Å². The van der Waals surface area contributed by atoms with Crippen molar-refractivity contribution in [3.05, 3.63) is 66.4 Å². The summed E-state index contributed by atoms with van der Waals surface area (Å²) in [6.45, 7) is 0. The number of nitro benzene ring substituents is 1. The summed E-state index contributed by atoms with van der Waals surface area (Å²) in [5, 5.41) is 14.2. The Morgan fingerprint density at radius 1 is 1.20 bits per heavy atom. The number of benzene rings is 1. The number of pyridine rings is 1. The first kappa shape index (κ1) is 16.7. The van der Waals surface area contributed by atoms with Crippen LogP contribution >= 0.6 is 11.6 Å². The fraction of sp³-hybridized carbons (Fsp3) is 0.133. The molecule has 0 fully saturated rings. The Hall–Kier alpha value is -3.20. The van der Waals surface area contributed by atoms with Crippen molar-refractivity contribution in [2.75, 3.05) is 5.32 Å². The van der Waals surface area contributed by atoms with Crippen molar-refractivity contribution in [1.29, 1.82) is 0 Å². The number of nitrogens with zero attached hydrogens (tertiary/aromatic N) is 4. The standard InChI is InChI=1S/C15H12ClN5O4/c1-19-13-12(14(22)20(2)15(19)23)10(5-6-17-13)18-8-3-4-9(16)11(7-8)21(24)25/h3-7H,1-2H3,(H,17,18). The quantitative estimate of drug-likeness (QED) is 0.563. The van der Waals surface area contributed by atoms with Crippen LogP contribution in [0.3, 0.4) is 0 Å². The molecule has 0 aliphatic rings. The van der Waals surface area contributed by atoms with Gasteiger partial charge in [-0.3, -0.25) is 24.0 Å². The molecule has 25 heavy (non-hydrogen) atoms. The Morgan fingerprint density at radius 2 is 1.92 bits per heavy atom. The summed E-state index contributed by atoms with van der Waals surface area (Å²) in [6.07, 6.45) is 1.44. The number of halogens is 1. The van der Waals surface area contributed by atoms with Crippen LogP contribution in [-0.4, -0.2) is 19.0 Å². The molecule has 1 N–H and O–H groups in total. The highest BCUT2D eigenvalue weighted by molar-refractivity contribution is 6.32. The molecule has 0 aliphatic heterocycles. The van der Waals surface area contributed by atoms with E-state index in [2.05, 4.69) is 10.3 Å². The maximum Gasteiger partial charge on any atom is 0.332 e. The molecule has 3 aromatic rings. The highest BCUT2D eigenvalue weighted by atomic mass is 35.5. The van der Waals surface area contributed by atoms with Crippen LogP contribution in [0.2, 0.25) is 5.02 Å². The van der Waals surface area contributed by atoms with E-state index >= 15 is 0 Å². The van der Waals surface area contributed by atoms with E-state index in [0.717, 1.165) is 4.57 Å². The molecule has 0 saturated heterocycles. The minimum Gasteiger partial charge on any atom is -0.355 e. The summed E-state index contributed by atoms with van der Waals surface area (Å²) in [5.74, 6) is 0. The summed E-state index contributed by atoms with van der Waals surface area (Å²) in [4.78, 5) is 39.0. The van der Waals surface area contributed by atoms with Crippen molar-refractivity contribution in [2.45, 2.75) is 0 Å². The Labute approximate surface area is 145 Å². The highest BCUT2D eigenvalue weighted by Gasteiger charge is 2.16. The molecular formula is C15H12ClN5O4. The third kappa shape index (κ3) is 2.74. The first-order chi connectivity index (χ1) is 11.8. The zero-order chi connectivity index (χ0) is 18.3. The summed E-state index contributed by atoms with van der Waals surface area (Å²) in [7, 11) is 2.88. The van der Waals surface area contributed by atoms with Gasteiger partial charge in [0.2, 0.25) is 0 Å². The fourth-order valence-electron chi connectivity index (χ4n) is 2.48. The van der Waals surface area contributed by atoms with Gasteiger partial charge in [0.15, 0.2) is 5.65 Å². The van der Waals surface area contributed by atoms with Crippen LogP contribution in [0, 0.1) is 10.1 Å². The predicted molar refractivity (Wildman–Crippen MR) is 93.6 cm³/mol. The van der Waals surface area contributed by atoms with E-state index in [1.54, 1.807) is 12.1 Å². The lowest BCUT2D eigenvalue weighted by Gasteiger charge is -2.12. The lowest BCUT2D eigenvalue weighted by Crippen LogP contribution is -2.37. The van der Waals surface area contributed by atoms with E-state index in [4.69, 9.17) is 11.6 Å². The van der Waals surface area contributed by atoms with Crippen LogP contribution in [-0.2, 0) is 14.1 Å². The van der Waals surface area contributed by atoms with Crippen LogP contribution in [0.15, 0.2) is 40.1 Å². The van der Waals surface area contributed by atoms with E-state index < -0.39 is 16.2 Å². The van der Waals surface area contributed by atoms with E-state index in [9.17, 15) is 19.7 Å². The molecule has 10 heteroatoms. The SMILES string of the molecule is Cn1c(=O)c2c(Nc3ccc(Cl)c([N+](=O)[O-])c3)ccnc2n(C)c1=O. The molecule has 1 aromatic carbocycles. The Bertz CT molecular complexity index is 1140. The molecule has 3 rings (SSSR count). The molecule has 0 atom stereocenters. The van der Waals surface area contributed by atoms with Gasteiger partial charge < -0.3 is 5.32 Å². The van der Waals surface area contributed by atoms with E-state index in [-0.39, 0.29) is 21.7 Å². The van der Waals surface area contributed by atoms with E-state index in [0.29, 0.717) is 11.4 Å². The largest absolute Gasteiger partial charge is 0.355 e. The highest BCUT2D eigenvalue weighted by Crippen LogP contribution is 2.30. The number of hydrogen-bond donors (Lipinski definition) is 1. The number of fused-ring (bicyclic) bond motifs is 1. The van der Waals surface area contributed by atoms with Crippen LogP contribution in [0.25, 0.3) is 11.0 Å². The third-order valence-corrected chi connectivity index (χ3v) is 4.08.